The summed E-state index contributed by atoms with van der Waals surface area (Å²) in [6.45, 7) is 5.27. The number of amides is 1. The number of benzene rings is 2. The van der Waals surface area contributed by atoms with Crippen LogP contribution in [-0.4, -0.2) is 39.4 Å². The van der Waals surface area contributed by atoms with Crippen LogP contribution in [0.2, 0.25) is 5.02 Å². The van der Waals surface area contributed by atoms with Crippen LogP contribution in [0, 0.1) is 6.92 Å². The molecule has 0 fully saturated rings. The Morgan fingerprint density at radius 1 is 1.18 bits per heavy atom. The quantitative estimate of drug-likeness (QED) is 0.420. The van der Waals surface area contributed by atoms with Crippen molar-refractivity contribution in [2.45, 2.75) is 33.4 Å². The number of carbonyl (C=O) groups is 1. The number of carbonyl (C=O) groups excluding carboxylic acids is 1. The molecule has 178 valence electrons. The summed E-state index contributed by atoms with van der Waals surface area (Å²) in [6.07, 6.45) is 0. The highest BCUT2D eigenvalue weighted by Gasteiger charge is 2.20. The van der Waals surface area contributed by atoms with E-state index in [2.05, 4.69) is 15.5 Å². The molecule has 0 saturated heterocycles. The van der Waals surface area contributed by atoms with Crippen LogP contribution in [0.5, 0.6) is 11.5 Å². The molecule has 0 aliphatic carbocycles. The molecule has 2 aromatic carbocycles. The third-order valence-corrected chi connectivity index (χ3v) is 5.61. The summed E-state index contributed by atoms with van der Waals surface area (Å²) in [7, 11) is 2.97. The maximum atomic E-state index is 13.3. The van der Waals surface area contributed by atoms with Gasteiger partial charge >= 0.3 is 5.69 Å². The molecule has 0 aliphatic heterocycles. The molecule has 0 bridgehead atoms. The summed E-state index contributed by atoms with van der Waals surface area (Å²) >= 11 is 6.33. The summed E-state index contributed by atoms with van der Waals surface area (Å²) in [5.74, 6) is 1.20. The van der Waals surface area contributed by atoms with Crippen molar-refractivity contribution < 1.29 is 18.8 Å². The van der Waals surface area contributed by atoms with E-state index in [0.29, 0.717) is 45.5 Å². The van der Waals surface area contributed by atoms with Gasteiger partial charge in [0.05, 0.1) is 30.3 Å². The normalized spacial score (nSPS) is 11.3. The number of aromatic nitrogens is 4. The number of methoxy groups -OCH3 is 2. The summed E-state index contributed by atoms with van der Waals surface area (Å²) in [5.41, 5.74) is 1.91. The fourth-order valence-corrected chi connectivity index (χ4v) is 4.02. The van der Waals surface area contributed by atoms with Crippen molar-refractivity contribution in [3.05, 3.63) is 51.7 Å². The van der Waals surface area contributed by atoms with E-state index < -0.39 is 5.91 Å². The minimum atomic E-state index is -0.448. The number of nitrogens with one attached hydrogen (secondary N) is 1. The SMILES string of the molecule is COc1cc(Cl)c(NC(=O)Cn2c(=O)n(C(C)C)c3ccc(-c4noc(C)n4)cc32)c(OC)c1. The number of imidazole rings is 1. The lowest BCUT2D eigenvalue weighted by Crippen LogP contribution is -2.30. The molecule has 0 unspecified atom stereocenters. The molecule has 10 nitrogen and oxygen atoms in total. The largest absolute Gasteiger partial charge is 0.497 e. The summed E-state index contributed by atoms with van der Waals surface area (Å²) in [5, 5.41) is 6.94. The van der Waals surface area contributed by atoms with Crippen LogP contribution in [0.15, 0.2) is 39.6 Å². The Labute approximate surface area is 200 Å². The predicted molar refractivity (Wildman–Crippen MR) is 128 cm³/mol. The zero-order chi connectivity index (χ0) is 24.6. The van der Waals surface area contributed by atoms with Gasteiger partial charge in [0.1, 0.15) is 23.7 Å². The molecule has 34 heavy (non-hydrogen) atoms. The molecule has 0 spiro atoms. The van der Waals surface area contributed by atoms with Crippen LogP contribution >= 0.6 is 11.6 Å². The van der Waals surface area contributed by atoms with Crippen molar-refractivity contribution in [3.8, 4) is 22.9 Å². The second kappa shape index (κ2) is 9.22. The van der Waals surface area contributed by atoms with Gasteiger partial charge in [-0.15, -0.1) is 0 Å². The lowest BCUT2D eigenvalue weighted by molar-refractivity contribution is -0.116. The van der Waals surface area contributed by atoms with Crippen LogP contribution in [0.25, 0.3) is 22.4 Å². The van der Waals surface area contributed by atoms with E-state index in [0.717, 1.165) is 0 Å². The van der Waals surface area contributed by atoms with Gasteiger partial charge in [0, 0.05) is 30.7 Å². The molecule has 0 saturated carbocycles. The molecule has 1 N–H and O–H groups in total. The maximum Gasteiger partial charge on any atom is 0.329 e. The van der Waals surface area contributed by atoms with Gasteiger partial charge in [-0.2, -0.15) is 4.98 Å². The van der Waals surface area contributed by atoms with Crippen molar-refractivity contribution in [1.82, 2.24) is 19.3 Å². The number of hydrogen-bond donors (Lipinski definition) is 1. The van der Waals surface area contributed by atoms with Gasteiger partial charge in [0.25, 0.3) is 0 Å². The number of rotatable bonds is 7. The van der Waals surface area contributed by atoms with Gasteiger partial charge in [-0.1, -0.05) is 16.8 Å². The molecular formula is C23H24ClN5O5. The molecule has 4 aromatic rings. The lowest BCUT2D eigenvalue weighted by Gasteiger charge is -2.14. The van der Waals surface area contributed by atoms with E-state index in [1.54, 1.807) is 29.7 Å². The van der Waals surface area contributed by atoms with Crippen molar-refractivity contribution in [1.29, 1.82) is 0 Å². The first-order valence-electron chi connectivity index (χ1n) is 10.5. The number of halogens is 1. The van der Waals surface area contributed by atoms with E-state index in [9.17, 15) is 9.59 Å². The van der Waals surface area contributed by atoms with Gasteiger partial charge in [-0.3, -0.25) is 13.9 Å². The Hall–Kier alpha value is -3.79. The highest BCUT2D eigenvalue weighted by Crippen LogP contribution is 2.37. The van der Waals surface area contributed by atoms with Crippen molar-refractivity contribution in [2.75, 3.05) is 19.5 Å². The fraction of sp³-hybridized carbons (Fsp3) is 0.304. The van der Waals surface area contributed by atoms with Crippen LogP contribution in [0.3, 0.4) is 0 Å². The fourth-order valence-electron chi connectivity index (χ4n) is 3.77. The highest BCUT2D eigenvalue weighted by molar-refractivity contribution is 6.34. The van der Waals surface area contributed by atoms with E-state index in [-0.39, 0.29) is 23.3 Å². The third kappa shape index (κ3) is 4.24. The summed E-state index contributed by atoms with van der Waals surface area (Å²) in [4.78, 5) is 30.5. The maximum absolute atomic E-state index is 13.3. The number of ether oxygens (including phenoxy) is 2. The zero-order valence-electron chi connectivity index (χ0n) is 19.4. The topological polar surface area (TPSA) is 113 Å². The monoisotopic (exact) mass is 485 g/mol. The first-order chi connectivity index (χ1) is 16.2. The predicted octanol–water partition coefficient (Wildman–Crippen LogP) is 4.05. The van der Waals surface area contributed by atoms with Gasteiger partial charge in [-0.25, -0.2) is 4.79 Å². The molecule has 4 rings (SSSR count). The van der Waals surface area contributed by atoms with E-state index in [1.807, 2.05) is 26.0 Å². The molecule has 1 amide bonds. The van der Waals surface area contributed by atoms with Crippen LogP contribution in [0.1, 0.15) is 25.8 Å². The Balaban J connectivity index is 1.74. The number of hydrogen-bond acceptors (Lipinski definition) is 7. The lowest BCUT2D eigenvalue weighted by atomic mass is 10.2. The molecule has 0 radical (unpaired) electrons. The first kappa shape index (κ1) is 23.4. The van der Waals surface area contributed by atoms with Crippen molar-refractivity contribution >= 4 is 34.2 Å². The Morgan fingerprint density at radius 2 is 1.94 bits per heavy atom. The standard InChI is InChI=1S/C23H24ClN5O5/c1-12(2)29-17-7-6-14(22-25-13(3)34-27-22)8-18(17)28(23(29)31)11-20(30)26-21-16(24)9-15(32-4)10-19(21)33-5/h6-10,12H,11H2,1-5H3,(H,26,30). The van der Waals surface area contributed by atoms with E-state index >= 15 is 0 Å². The summed E-state index contributed by atoms with van der Waals surface area (Å²) in [6, 6.07) is 8.46. The smallest absolute Gasteiger partial charge is 0.329 e. The Bertz CT molecular complexity index is 1440. The van der Waals surface area contributed by atoms with Crippen LogP contribution in [0.4, 0.5) is 5.69 Å². The van der Waals surface area contributed by atoms with Crippen LogP contribution < -0.4 is 20.5 Å². The van der Waals surface area contributed by atoms with Gasteiger partial charge in [-0.05, 0) is 32.0 Å². The van der Waals surface area contributed by atoms with E-state index in [1.165, 1.54) is 18.8 Å². The summed E-state index contributed by atoms with van der Waals surface area (Å²) < 4.78 is 18.6. The Kier molecular flexibility index (Phi) is 6.34. The minimum absolute atomic E-state index is 0.117. The third-order valence-electron chi connectivity index (χ3n) is 5.31. The van der Waals surface area contributed by atoms with Crippen molar-refractivity contribution in [2.24, 2.45) is 0 Å². The Morgan fingerprint density at radius 3 is 2.56 bits per heavy atom. The highest BCUT2D eigenvalue weighted by atomic mass is 35.5. The molecule has 2 heterocycles. The number of fused-ring (bicyclic) bond motifs is 1. The average molecular weight is 486 g/mol. The molecule has 2 aromatic heterocycles. The van der Waals surface area contributed by atoms with Gasteiger partial charge < -0.3 is 19.3 Å². The number of nitrogens with zero attached hydrogens (tertiary/aromatic N) is 4. The second-order valence-corrected chi connectivity index (χ2v) is 8.31. The molecule has 11 heteroatoms. The van der Waals surface area contributed by atoms with Gasteiger partial charge in [0.15, 0.2) is 0 Å². The number of aryl methyl sites for hydroxylation is 1. The first-order valence-corrected chi connectivity index (χ1v) is 10.9. The molecule has 0 aliphatic rings. The van der Waals surface area contributed by atoms with Crippen LogP contribution in [-0.2, 0) is 11.3 Å². The molecule has 0 atom stereocenters. The van der Waals surface area contributed by atoms with E-state index in [4.69, 9.17) is 25.6 Å². The average Bonchev–Trinajstić information content (AvgIpc) is 3.35. The molecular weight excluding hydrogens is 462 g/mol. The van der Waals surface area contributed by atoms with Crippen molar-refractivity contribution in [3.63, 3.8) is 0 Å². The minimum Gasteiger partial charge on any atom is -0.497 e. The number of anilines is 1. The zero-order valence-corrected chi connectivity index (χ0v) is 20.1. The van der Waals surface area contributed by atoms with Gasteiger partial charge in [0.2, 0.25) is 17.6 Å². The second-order valence-electron chi connectivity index (χ2n) is 7.91.